The first-order chi connectivity index (χ1) is 13.0. The Bertz CT molecular complexity index is 1030. The number of benzene rings is 2. The molecule has 0 aliphatic heterocycles. The third-order valence-corrected chi connectivity index (χ3v) is 3.69. The fourth-order valence-corrected chi connectivity index (χ4v) is 2.48. The first-order valence-electron chi connectivity index (χ1n) is 7.79. The molecule has 0 amide bonds. The number of methoxy groups -OCH3 is 1. The lowest BCUT2D eigenvalue weighted by Gasteiger charge is -2.09. The van der Waals surface area contributed by atoms with Crippen molar-refractivity contribution in [3.05, 3.63) is 70.1 Å². The maximum absolute atomic E-state index is 12.3. The quantitative estimate of drug-likeness (QED) is 0.482. The lowest BCUT2D eigenvalue weighted by molar-refractivity contribution is -0.0499. The summed E-state index contributed by atoms with van der Waals surface area (Å²) < 4.78 is 44.2. The number of fused-ring (bicyclic) bond motifs is 1. The molecule has 0 spiro atoms. The van der Waals surface area contributed by atoms with Crippen molar-refractivity contribution in [2.75, 3.05) is 7.11 Å². The number of rotatable bonds is 6. The second-order valence-corrected chi connectivity index (χ2v) is 5.44. The number of carbonyl (C=O) groups excluding carboxylic acids is 1. The van der Waals surface area contributed by atoms with Gasteiger partial charge in [-0.25, -0.2) is 9.59 Å². The molecule has 6 nitrogen and oxygen atoms in total. The second-order valence-electron chi connectivity index (χ2n) is 5.44. The van der Waals surface area contributed by atoms with Crippen molar-refractivity contribution in [1.29, 1.82) is 0 Å². The molecule has 0 N–H and O–H groups in total. The summed E-state index contributed by atoms with van der Waals surface area (Å²) in [5.41, 5.74) is 0.175. The standard InChI is InChI=1S/C19H14F2O6/c1-24-13-5-6-15-12(8-17(22)27-16(15)9-13)10-25-18(23)11-3-2-4-14(7-11)26-19(20)21/h2-9,19H,10H2,1H3. The van der Waals surface area contributed by atoms with Crippen molar-refractivity contribution in [3.63, 3.8) is 0 Å². The summed E-state index contributed by atoms with van der Waals surface area (Å²) in [5, 5.41) is 0.581. The summed E-state index contributed by atoms with van der Waals surface area (Å²) in [5.74, 6) is -0.391. The molecule has 0 radical (unpaired) electrons. The van der Waals surface area contributed by atoms with Crippen LogP contribution in [0.2, 0.25) is 0 Å². The first-order valence-corrected chi connectivity index (χ1v) is 7.79. The molecule has 140 valence electrons. The van der Waals surface area contributed by atoms with E-state index in [0.717, 1.165) is 6.07 Å². The van der Waals surface area contributed by atoms with Crippen molar-refractivity contribution >= 4 is 16.9 Å². The van der Waals surface area contributed by atoms with Gasteiger partial charge in [0.1, 0.15) is 23.7 Å². The summed E-state index contributed by atoms with van der Waals surface area (Å²) in [4.78, 5) is 23.9. The van der Waals surface area contributed by atoms with Crippen LogP contribution in [-0.4, -0.2) is 19.7 Å². The summed E-state index contributed by atoms with van der Waals surface area (Å²) >= 11 is 0. The van der Waals surface area contributed by atoms with Crippen molar-refractivity contribution in [2.24, 2.45) is 0 Å². The third kappa shape index (κ3) is 4.41. The highest BCUT2D eigenvalue weighted by atomic mass is 19.3. The fraction of sp³-hybridized carbons (Fsp3) is 0.158. The normalized spacial score (nSPS) is 10.8. The van der Waals surface area contributed by atoms with Gasteiger partial charge in [0, 0.05) is 23.1 Å². The number of hydrogen-bond donors (Lipinski definition) is 0. The highest BCUT2D eigenvalue weighted by Gasteiger charge is 2.13. The van der Waals surface area contributed by atoms with Crippen LogP contribution in [0, 0.1) is 0 Å². The molecule has 27 heavy (non-hydrogen) atoms. The molecule has 0 fully saturated rings. The van der Waals surface area contributed by atoms with Gasteiger partial charge in [-0.2, -0.15) is 8.78 Å². The van der Waals surface area contributed by atoms with E-state index in [0.29, 0.717) is 22.3 Å². The number of hydrogen-bond acceptors (Lipinski definition) is 6. The van der Waals surface area contributed by atoms with Crippen LogP contribution < -0.4 is 15.1 Å². The number of esters is 1. The van der Waals surface area contributed by atoms with Gasteiger partial charge in [-0.05, 0) is 30.3 Å². The molecular formula is C19H14F2O6. The molecule has 0 atom stereocenters. The molecule has 3 aromatic rings. The van der Waals surface area contributed by atoms with E-state index in [1.165, 1.54) is 31.4 Å². The average Bonchev–Trinajstić information content (AvgIpc) is 2.64. The predicted molar refractivity (Wildman–Crippen MR) is 91.2 cm³/mol. The molecule has 1 heterocycles. The topological polar surface area (TPSA) is 75.0 Å². The van der Waals surface area contributed by atoms with Gasteiger partial charge >= 0.3 is 18.2 Å². The minimum Gasteiger partial charge on any atom is -0.497 e. The van der Waals surface area contributed by atoms with Crippen molar-refractivity contribution < 1.29 is 32.2 Å². The van der Waals surface area contributed by atoms with Crippen molar-refractivity contribution in [1.82, 2.24) is 0 Å². The Morgan fingerprint density at radius 2 is 1.93 bits per heavy atom. The van der Waals surface area contributed by atoms with Crippen LogP contribution in [0.25, 0.3) is 11.0 Å². The average molecular weight is 376 g/mol. The van der Waals surface area contributed by atoms with Crippen molar-refractivity contribution in [2.45, 2.75) is 13.2 Å². The SMILES string of the molecule is COc1ccc2c(COC(=O)c3cccc(OC(F)F)c3)cc(=O)oc2c1. The molecule has 0 unspecified atom stereocenters. The molecule has 0 bridgehead atoms. The minimum atomic E-state index is -3.00. The van der Waals surface area contributed by atoms with Gasteiger partial charge in [0.25, 0.3) is 0 Å². The van der Waals surface area contributed by atoms with Gasteiger partial charge in [0.05, 0.1) is 12.7 Å². The maximum Gasteiger partial charge on any atom is 0.387 e. The molecule has 0 aliphatic rings. The van der Waals surface area contributed by atoms with Crippen LogP contribution in [-0.2, 0) is 11.3 Å². The van der Waals surface area contributed by atoms with Crippen molar-refractivity contribution in [3.8, 4) is 11.5 Å². The molecule has 8 heteroatoms. The van der Waals surface area contributed by atoms with Gasteiger partial charge in [-0.15, -0.1) is 0 Å². The highest BCUT2D eigenvalue weighted by Crippen LogP contribution is 2.23. The summed E-state index contributed by atoms with van der Waals surface area (Å²) in [6.07, 6.45) is 0. The Kier molecular flexibility index (Phi) is 5.35. The van der Waals surface area contributed by atoms with Gasteiger partial charge in [-0.1, -0.05) is 6.07 Å². The smallest absolute Gasteiger partial charge is 0.387 e. The zero-order valence-corrected chi connectivity index (χ0v) is 14.1. The summed E-state index contributed by atoms with van der Waals surface area (Å²) in [6, 6.07) is 11.4. The summed E-state index contributed by atoms with van der Waals surface area (Å²) in [6.45, 7) is -3.20. The Hall–Kier alpha value is -3.42. The Morgan fingerprint density at radius 3 is 2.67 bits per heavy atom. The molecule has 0 aliphatic carbocycles. The van der Waals surface area contributed by atoms with Gasteiger partial charge in [0.15, 0.2) is 0 Å². The van der Waals surface area contributed by atoms with E-state index in [-0.39, 0.29) is 17.9 Å². The van der Waals surface area contributed by atoms with Crippen LogP contribution in [0.1, 0.15) is 15.9 Å². The van der Waals surface area contributed by atoms with E-state index in [4.69, 9.17) is 13.9 Å². The zero-order valence-electron chi connectivity index (χ0n) is 14.1. The fourth-order valence-electron chi connectivity index (χ4n) is 2.48. The Balaban J connectivity index is 1.80. The Labute approximate surface area is 151 Å². The van der Waals surface area contributed by atoms with Crippen LogP contribution >= 0.6 is 0 Å². The van der Waals surface area contributed by atoms with E-state index < -0.39 is 18.2 Å². The third-order valence-electron chi connectivity index (χ3n) is 3.69. The molecule has 0 saturated carbocycles. The number of halogens is 2. The minimum absolute atomic E-state index is 0.0436. The number of ether oxygens (including phenoxy) is 3. The summed E-state index contributed by atoms with van der Waals surface area (Å²) in [7, 11) is 1.48. The van der Waals surface area contributed by atoms with Crippen LogP contribution in [0.5, 0.6) is 11.5 Å². The Morgan fingerprint density at radius 1 is 1.11 bits per heavy atom. The molecular weight excluding hydrogens is 362 g/mol. The monoisotopic (exact) mass is 376 g/mol. The lowest BCUT2D eigenvalue weighted by atomic mass is 10.1. The zero-order chi connectivity index (χ0) is 19.4. The van der Waals surface area contributed by atoms with Gasteiger partial charge < -0.3 is 18.6 Å². The maximum atomic E-state index is 12.3. The number of carbonyl (C=O) groups is 1. The van der Waals surface area contributed by atoms with Crippen LogP contribution in [0.15, 0.2) is 57.7 Å². The molecule has 2 aromatic carbocycles. The molecule has 3 rings (SSSR count). The van der Waals surface area contributed by atoms with E-state index in [1.54, 1.807) is 18.2 Å². The number of alkyl halides is 2. The van der Waals surface area contributed by atoms with E-state index in [9.17, 15) is 18.4 Å². The second kappa shape index (κ2) is 7.86. The lowest BCUT2D eigenvalue weighted by Crippen LogP contribution is -2.09. The van der Waals surface area contributed by atoms with Gasteiger partial charge in [0.2, 0.25) is 0 Å². The van der Waals surface area contributed by atoms with Crippen LogP contribution in [0.3, 0.4) is 0 Å². The van der Waals surface area contributed by atoms with E-state index in [1.807, 2.05) is 0 Å². The van der Waals surface area contributed by atoms with E-state index in [2.05, 4.69) is 4.74 Å². The van der Waals surface area contributed by atoms with Gasteiger partial charge in [-0.3, -0.25) is 0 Å². The largest absolute Gasteiger partial charge is 0.497 e. The predicted octanol–water partition coefficient (Wildman–Crippen LogP) is 3.76. The van der Waals surface area contributed by atoms with Crippen LogP contribution in [0.4, 0.5) is 8.78 Å². The molecule has 1 aromatic heterocycles. The first kappa shape index (κ1) is 18.4. The van der Waals surface area contributed by atoms with E-state index >= 15 is 0 Å². The molecule has 0 saturated heterocycles. The highest BCUT2D eigenvalue weighted by molar-refractivity contribution is 5.90.